The van der Waals surface area contributed by atoms with E-state index >= 15 is 0 Å². The summed E-state index contributed by atoms with van der Waals surface area (Å²) in [7, 11) is -1.73. The topological polar surface area (TPSA) is 29.5 Å². The molecule has 0 fully saturated rings. The van der Waals surface area contributed by atoms with E-state index in [0.29, 0.717) is 42.0 Å². The molecular weight excluding hydrogens is 555 g/mol. The van der Waals surface area contributed by atoms with Crippen molar-refractivity contribution in [2.75, 3.05) is 4.67 Å². The molecule has 1 aromatic heterocycles. The summed E-state index contributed by atoms with van der Waals surface area (Å²) in [6, 6.07) is 27.3. The van der Waals surface area contributed by atoms with Crippen LogP contribution in [0.15, 0.2) is 93.3 Å². The normalized spacial score (nSPS) is 13.3. The molecule has 5 rings (SSSR count). The first-order chi connectivity index (χ1) is 17.3. The fraction of sp³-hybridized carbons (Fsp3) is 0.143. The van der Waals surface area contributed by atoms with Gasteiger partial charge < -0.3 is 8.39 Å². The van der Waals surface area contributed by atoms with Crippen molar-refractivity contribution in [2.45, 2.75) is 25.9 Å². The third kappa shape index (κ3) is 5.02. The van der Waals surface area contributed by atoms with Crippen LogP contribution in [-0.2, 0) is 0 Å². The van der Waals surface area contributed by atoms with E-state index in [1.54, 1.807) is 24.3 Å². The molecule has 5 aromatic rings. The smallest absolute Gasteiger partial charge is 0.310 e. The van der Waals surface area contributed by atoms with Crippen LogP contribution in [-0.4, -0.2) is 0 Å². The van der Waals surface area contributed by atoms with Crippen molar-refractivity contribution in [3.63, 3.8) is 0 Å². The van der Waals surface area contributed by atoms with Gasteiger partial charge in [0.1, 0.15) is 0 Å². The molecule has 0 unspecified atom stereocenters. The average molecular weight is 577 g/mol. The number of rotatable bonds is 5. The van der Waals surface area contributed by atoms with Gasteiger partial charge in [0.2, 0.25) is 0 Å². The van der Waals surface area contributed by atoms with Crippen LogP contribution in [0.4, 0.5) is 0 Å². The van der Waals surface area contributed by atoms with E-state index in [1.165, 1.54) is 0 Å². The minimum atomic E-state index is -1.73. The van der Waals surface area contributed by atoms with Crippen LogP contribution in [0.25, 0.3) is 21.9 Å². The molecule has 0 radical (unpaired) electrons. The highest BCUT2D eigenvalue weighted by Gasteiger charge is 2.29. The van der Waals surface area contributed by atoms with Crippen LogP contribution in [0.1, 0.15) is 37.1 Å². The highest BCUT2D eigenvalue weighted by atomic mass is 35.5. The number of hydrogen-bond acceptors (Lipinski definition) is 3. The number of fused-ring (bicyclic) bond motifs is 3. The van der Waals surface area contributed by atoms with Gasteiger partial charge in [0.15, 0.2) is 11.2 Å². The van der Waals surface area contributed by atoms with Gasteiger partial charge in [0.25, 0.3) is 0 Å². The zero-order valence-corrected chi connectivity index (χ0v) is 23.4. The summed E-state index contributed by atoms with van der Waals surface area (Å²) in [5, 5.41) is 3.08. The second-order valence-corrected chi connectivity index (χ2v) is 11.5. The van der Waals surface area contributed by atoms with E-state index in [2.05, 4.69) is 42.8 Å². The molecule has 36 heavy (non-hydrogen) atoms. The molecule has 0 saturated carbocycles. The Morgan fingerprint density at radius 2 is 1.00 bits per heavy atom. The Morgan fingerprint density at radius 3 is 1.39 bits per heavy atom. The molecule has 2 atom stereocenters. The van der Waals surface area contributed by atoms with Crippen molar-refractivity contribution in [2.24, 2.45) is 0 Å². The molecule has 0 spiro atoms. The van der Waals surface area contributed by atoms with E-state index in [4.69, 9.17) is 54.8 Å². The zero-order chi connectivity index (χ0) is 25.4. The van der Waals surface area contributed by atoms with Crippen LogP contribution >= 0.6 is 54.6 Å². The highest BCUT2D eigenvalue weighted by molar-refractivity contribution is 7.39. The minimum Gasteiger partial charge on any atom is -0.406 e. The number of hydrogen-bond donors (Lipinski definition) is 0. The lowest BCUT2D eigenvalue weighted by Crippen LogP contribution is -2.27. The molecule has 4 aromatic carbocycles. The Kier molecular flexibility index (Phi) is 7.60. The SMILES string of the molecule is C[C@H](c1ccccc1)N([C@@H](C)c1ccccc1)p1oc2c(Cl)cc(Cl)cc2c2cc(Cl)cc(Cl)c2o1. The molecule has 184 valence electrons. The Labute approximate surface area is 230 Å². The number of nitrogens with zero attached hydrogens (tertiary/aromatic N) is 1. The van der Waals surface area contributed by atoms with Crippen LogP contribution in [0, 0.1) is 0 Å². The lowest BCUT2D eigenvalue weighted by atomic mass is 10.0. The van der Waals surface area contributed by atoms with Gasteiger partial charge in [-0.3, -0.25) is 0 Å². The fourth-order valence-corrected chi connectivity index (χ4v) is 7.30. The molecule has 1 heterocycles. The maximum absolute atomic E-state index is 6.69. The maximum Gasteiger partial charge on any atom is 0.310 e. The van der Waals surface area contributed by atoms with E-state index < -0.39 is 8.16 Å². The molecule has 0 N–H and O–H groups in total. The van der Waals surface area contributed by atoms with E-state index in [0.717, 1.165) is 11.1 Å². The van der Waals surface area contributed by atoms with E-state index in [9.17, 15) is 0 Å². The molecular formula is C28H22Cl4NO2P. The van der Waals surface area contributed by atoms with Gasteiger partial charge in [-0.15, -0.1) is 0 Å². The molecule has 0 bridgehead atoms. The molecule has 8 heteroatoms. The third-order valence-electron chi connectivity index (χ3n) is 6.19. The Balaban J connectivity index is 1.86. The first-order valence-corrected chi connectivity index (χ1v) is 14.0. The fourth-order valence-electron chi connectivity index (χ4n) is 4.36. The lowest BCUT2D eigenvalue weighted by Gasteiger charge is -2.31. The van der Waals surface area contributed by atoms with Crippen molar-refractivity contribution in [1.82, 2.24) is 0 Å². The van der Waals surface area contributed by atoms with Crippen molar-refractivity contribution in [3.05, 3.63) is 116 Å². The number of halogens is 4. The Hall–Kier alpha value is -2.10. The first-order valence-electron chi connectivity index (χ1n) is 11.4. The number of benzene rings is 4. The van der Waals surface area contributed by atoms with E-state index in [1.807, 2.05) is 36.4 Å². The van der Waals surface area contributed by atoms with Gasteiger partial charge in [0.05, 0.1) is 10.0 Å². The summed E-state index contributed by atoms with van der Waals surface area (Å²) < 4.78 is 15.5. The Bertz CT molecular complexity index is 1460. The molecule has 0 aliphatic rings. The van der Waals surface area contributed by atoms with Crippen LogP contribution in [0.2, 0.25) is 20.1 Å². The van der Waals surface area contributed by atoms with Gasteiger partial charge in [-0.2, -0.15) is 4.67 Å². The molecule has 0 amide bonds. The Morgan fingerprint density at radius 1 is 0.611 bits per heavy atom. The summed E-state index contributed by atoms with van der Waals surface area (Å²) in [5.41, 5.74) is 3.22. The quantitative estimate of drug-likeness (QED) is 0.208. The summed E-state index contributed by atoms with van der Waals surface area (Å²) in [6.07, 6.45) is 0. The highest BCUT2D eigenvalue weighted by Crippen LogP contribution is 2.48. The largest absolute Gasteiger partial charge is 0.406 e. The standard InChI is InChI=1S/C28H22Cl4NO2P/c1-17(19-9-5-3-6-10-19)33(18(2)20-11-7-4-8-12-20)36-34-27-23(13-21(29)15-25(27)31)24-14-22(30)16-26(32)28(24)35-36/h3-18H,1-2H3/t17-,18+. The van der Waals surface area contributed by atoms with Gasteiger partial charge in [0, 0.05) is 32.9 Å². The monoisotopic (exact) mass is 575 g/mol. The van der Waals surface area contributed by atoms with Crippen LogP contribution in [0.3, 0.4) is 0 Å². The molecule has 0 aliphatic carbocycles. The second kappa shape index (κ2) is 10.7. The summed E-state index contributed by atoms with van der Waals surface area (Å²) >= 11 is 26.2. The van der Waals surface area contributed by atoms with Gasteiger partial charge >= 0.3 is 8.16 Å². The molecule has 0 saturated heterocycles. The molecule has 3 nitrogen and oxygen atoms in total. The second-order valence-electron chi connectivity index (χ2n) is 8.50. The minimum absolute atomic E-state index is 0.0605. The van der Waals surface area contributed by atoms with Crippen molar-refractivity contribution in [1.29, 1.82) is 0 Å². The first kappa shape index (κ1) is 25.5. The predicted molar refractivity (Wildman–Crippen MR) is 154 cm³/mol. The lowest BCUT2D eigenvalue weighted by molar-refractivity contribution is 0.558. The van der Waals surface area contributed by atoms with Crippen molar-refractivity contribution < 1.29 is 8.39 Å². The summed E-state index contributed by atoms with van der Waals surface area (Å²) in [4.78, 5) is 0. The predicted octanol–water partition coefficient (Wildman–Crippen LogP) is 11.4. The zero-order valence-electron chi connectivity index (χ0n) is 19.5. The van der Waals surface area contributed by atoms with Crippen LogP contribution < -0.4 is 4.67 Å². The maximum atomic E-state index is 6.69. The summed E-state index contributed by atoms with van der Waals surface area (Å²) in [6.45, 7) is 4.28. The van der Waals surface area contributed by atoms with Gasteiger partial charge in [-0.05, 0) is 49.2 Å². The van der Waals surface area contributed by atoms with Crippen molar-refractivity contribution >= 4 is 76.5 Å². The third-order valence-corrected chi connectivity index (χ3v) is 8.94. The van der Waals surface area contributed by atoms with Gasteiger partial charge in [-0.1, -0.05) is 107 Å². The van der Waals surface area contributed by atoms with Crippen molar-refractivity contribution in [3.8, 4) is 0 Å². The van der Waals surface area contributed by atoms with E-state index in [-0.39, 0.29) is 12.1 Å². The van der Waals surface area contributed by atoms with Gasteiger partial charge in [-0.25, -0.2) is 0 Å². The average Bonchev–Trinajstić information content (AvgIpc) is 3.03. The van der Waals surface area contributed by atoms with Crippen LogP contribution in [0.5, 0.6) is 0 Å². The molecule has 0 aliphatic heterocycles. The summed E-state index contributed by atoms with van der Waals surface area (Å²) in [5.74, 6) is 0.